The van der Waals surface area contributed by atoms with E-state index in [0.29, 0.717) is 30.4 Å². The molecule has 3 aromatic rings. The molecule has 0 unspecified atom stereocenters. The molecule has 0 spiro atoms. The largest absolute Gasteiger partial charge is 0.324 e. The number of nitrogens with zero attached hydrogens (tertiary/aromatic N) is 3. The highest BCUT2D eigenvalue weighted by atomic mass is 19.1. The Kier molecular flexibility index (Phi) is 7.37. The summed E-state index contributed by atoms with van der Waals surface area (Å²) in [6, 6.07) is 9.84. The number of aromatic nitrogens is 3. The van der Waals surface area contributed by atoms with Crippen LogP contribution in [0.4, 0.5) is 26.5 Å². The number of aryl methyl sites for hydroxylation is 2. The first-order chi connectivity index (χ1) is 17.1. The van der Waals surface area contributed by atoms with Crippen LogP contribution in [0, 0.1) is 11.7 Å². The van der Waals surface area contributed by atoms with Crippen molar-refractivity contribution in [3.8, 4) is 0 Å². The summed E-state index contributed by atoms with van der Waals surface area (Å²) < 4.78 is 16.6. The Labute approximate surface area is 210 Å². The Morgan fingerprint density at radius 2 is 1.75 bits per heavy atom. The Balaban J connectivity index is 1.37. The fraction of sp³-hybridized carbons (Fsp3) is 0.407. The third-order valence-corrected chi connectivity index (χ3v) is 6.03. The number of pyridine rings is 1. The summed E-state index contributed by atoms with van der Waals surface area (Å²) >= 11 is 0. The first-order valence-corrected chi connectivity index (χ1v) is 12.2. The zero-order chi connectivity index (χ0) is 25.9. The van der Waals surface area contributed by atoms with E-state index in [1.165, 1.54) is 25.8 Å². The molecule has 190 valence electrons. The molecule has 1 saturated carbocycles. The molecule has 9 heteroatoms. The van der Waals surface area contributed by atoms with Gasteiger partial charge in [0.05, 0.1) is 11.4 Å². The van der Waals surface area contributed by atoms with Gasteiger partial charge in [0.25, 0.3) is 0 Å². The van der Waals surface area contributed by atoms with Gasteiger partial charge in [-0.15, -0.1) is 0 Å². The molecule has 0 radical (unpaired) electrons. The summed E-state index contributed by atoms with van der Waals surface area (Å²) in [7, 11) is 0. The molecule has 1 aliphatic carbocycles. The summed E-state index contributed by atoms with van der Waals surface area (Å²) in [6.45, 7) is 8.42. The molecule has 0 aliphatic heterocycles. The molecule has 36 heavy (non-hydrogen) atoms. The Morgan fingerprint density at radius 1 is 1.03 bits per heavy atom. The second-order valence-corrected chi connectivity index (χ2v) is 10.4. The predicted molar refractivity (Wildman–Crippen MR) is 139 cm³/mol. The van der Waals surface area contributed by atoms with Crippen molar-refractivity contribution in [2.24, 2.45) is 5.92 Å². The minimum absolute atomic E-state index is 0.109. The molecule has 8 nitrogen and oxygen atoms in total. The minimum atomic E-state index is -0.513. The molecule has 1 aromatic carbocycles. The number of urea groups is 1. The third-order valence-electron chi connectivity index (χ3n) is 6.03. The molecular weight excluding hydrogens is 459 g/mol. The summed E-state index contributed by atoms with van der Waals surface area (Å²) in [5.74, 6) is 1.01. The molecule has 0 atom stereocenters. The average molecular weight is 493 g/mol. The van der Waals surface area contributed by atoms with E-state index in [2.05, 4.69) is 41.7 Å². The maximum Gasteiger partial charge on any atom is 0.324 e. The van der Waals surface area contributed by atoms with Crippen LogP contribution in [0.5, 0.6) is 0 Å². The van der Waals surface area contributed by atoms with E-state index in [9.17, 15) is 14.0 Å². The fourth-order valence-corrected chi connectivity index (χ4v) is 3.82. The number of carbonyl (C=O) groups excluding carboxylic acids is 2. The lowest BCUT2D eigenvalue weighted by atomic mass is 9.92. The molecule has 4 rings (SSSR count). The predicted octanol–water partition coefficient (Wildman–Crippen LogP) is 5.51. The summed E-state index contributed by atoms with van der Waals surface area (Å²) in [5, 5.41) is 12.8. The summed E-state index contributed by atoms with van der Waals surface area (Å²) in [6.07, 6.45) is 5.23. The van der Waals surface area contributed by atoms with Gasteiger partial charge < -0.3 is 10.6 Å². The molecule has 0 bridgehead atoms. The quantitative estimate of drug-likeness (QED) is 0.386. The number of benzene rings is 1. The Bertz CT molecular complexity index is 1260. The van der Waals surface area contributed by atoms with Gasteiger partial charge in [-0.05, 0) is 67.0 Å². The van der Waals surface area contributed by atoms with E-state index in [4.69, 9.17) is 5.10 Å². The number of rotatable bonds is 8. The van der Waals surface area contributed by atoms with Crippen molar-refractivity contribution in [3.63, 3.8) is 0 Å². The first-order valence-electron chi connectivity index (χ1n) is 12.2. The Hall–Kier alpha value is -3.75. The summed E-state index contributed by atoms with van der Waals surface area (Å²) in [5.41, 5.74) is 2.64. The lowest BCUT2D eigenvalue weighted by Gasteiger charge is -2.14. The van der Waals surface area contributed by atoms with Crippen LogP contribution >= 0.6 is 0 Å². The smallest absolute Gasteiger partial charge is 0.311 e. The third kappa shape index (κ3) is 6.90. The van der Waals surface area contributed by atoms with Crippen LogP contribution in [0.3, 0.4) is 0 Å². The van der Waals surface area contributed by atoms with E-state index in [-0.39, 0.29) is 17.0 Å². The molecule has 1 fully saturated rings. The monoisotopic (exact) mass is 492 g/mol. The van der Waals surface area contributed by atoms with Crippen LogP contribution in [0.15, 0.2) is 42.6 Å². The molecule has 0 saturated heterocycles. The summed E-state index contributed by atoms with van der Waals surface area (Å²) in [4.78, 5) is 28.0. The number of carbonyl (C=O) groups is 2. The highest BCUT2D eigenvalue weighted by molar-refractivity contribution is 5.99. The van der Waals surface area contributed by atoms with E-state index >= 15 is 0 Å². The van der Waals surface area contributed by atoms with Gasteiger partial charge in [-0.2, -0.15) is 5.10 Å². The highest BCUT2D eigenvalue weighted by Crippen LogP contribution is 2.33. The van der Waals surface area contributed by atoms with Crippen molar-refractivity contribution in [1.82, 2.24) is 14.8 Å². The van der Waals surface area contributed by atoms with Gasteiger partial charge in [0.1, 0.15) is 17.5 Å². The lowest BCUT2D eigenvalue weighted by Crippen LogP contribution is -2.22. The normalized spacial score (nSPS) is 13.4. The number of halogens is 1. The van der Waals surface area contributed by atoms with Crippen LogP contribution in [0.25, 0.3) is 0 Å². The van der Waals surface area contributed by atoms with Crippen molar-refractivity contribution in [2.45, 2.75) is 65.3 Å². The first kappa shape index (κ1) is 25.3. The maximum absolute atomic E-state index is 14.8. The number of hydrogen-bond acceptors (Lipinski definition) is 4. The lowest BCUT2D eigenvalue weighted by molar-refractivity contribution is -0.114. The highest BCUT2D eigenvalue weighted by Gasteiger charge is 2.26. The van der Waals surface area contributed by atoms with Crippen molar-refractivity contribution in [3.05, 3.63) is 65.2 Å². The zero-order valence-electron chi connectivity index (χ0n) is 21.2. The van der Waals surface area contributed by atoms with E-state index in [1.807, 2.05) is 16.8 Å². The van der Waals surface area contributed by atoms with Crippen molar-refractivity contribution in [1.29, 1.82) is 0 Å². The zero-order valence-corrected chi connectivity index (χ0v) is 21.2. The topological polar surface area (TPSA) is 101 Å². The SMILES string of the molecule is CC(=O)Nc1cc(CCc2ccc(NC(=O)Nc3cc(C(C)(C)C)nn3CC3CC3)c(F)c2)ccn1. The van der Waals surface area contributed by atoms with Crippen LogP contribution in [0.1, 0.15) is 57.4 Å². The van der Waals surface area contributed by atoms with Crippen molar-refractivity contribution >= 4 is 29.3 Å². The molecular formula is C27H33FN6O2. The van der Waals surface area contributed by atoms with E-state index in [1.54, 1.807) is 24.4 Å². The van der Waals surface area contributed by atoms with Gasteiger partial charge in [0, 0.05) is 31.1 Å². The van der Waals surface area contributed by atoms with Crippen LogP contribution < -0.4 is 16.0 Å². The van der Waals surface area contributed by atoms with Gasteiger partial charge >= 0.3 is 6.03 Å². The van der Waals surface area contributed by atoms with E-state index < -0.39 is 11.8 Å². The molecule has 2 heterocycles. The van der Waals surface area contributed by atoms with Gasteiger partial charge in [0.2, 0.25) is 5.91 Å². The number of hydrogen-bond donors (Lipinski definition) is 3. The van der Waals surface area contributed by atoms with Crippen LogP contribution in [-0.4, -0.2) is 26.7 Å². The van der Waals surface area contributed by atoms with Crippen molar-refractivity contribution < 1.29 is 14.0 Å². The second-order valence-electron chi connectivity index (χ2n) is 10.4. The molecule has 3 N–H and O–H groups in total. The fourth-order valence-electron chi connectivity index (χ4n) is 3.82. The van der Waals surface area contributed by atoms with Gasteiger partial charge in [-0.1, -0.05) is 26.8 Å². The number of nitrogens with one attached hydrogen (secondary N) is 3. The average Bonchev–Trinajstić information content (AvgIpc) is 3.52. The van der Waals surface area contributed by atoms with E-state index in [0.717, 1.165) is 23.4 Å². The van der Waals surface area contributed by atoms with Crippen molar-refractivity contribution in [2.75, 3.05) is 16.0 Å². The number of amides is 3. The number of anilines is 3. The molecule has 2 aromatic heterocycles. The van der Waals surface area contributed by atoms with Crippen LogP contribution in [0.2, 0.25) is 0 Å². The standard InChI is InChI=1S/C27H33FN6O2/c1-17(35)30-24-14-19(11-12-29-24)6-5-18-9-10-22(21(28)13-18)31-26(36)32-25-15-23(27(2,3)4)33-34(25)16-20-7-8-20/h9-15,20H,5-8,16H2,1-4H3,(H,29,30,35)(H2,31,32,36). The minimum Gasteiger partial charge on any atom is -0.311 e. The maximum atomic E-state index is 14.8. The van der Waals surface area contributed by atoms with Gasteiger partial charge in [0.15, 0.2) is 0 Å². The van der Waals surface area contributed by atoms with Crippen LogP contribution in [-0.2, 0) is 29.6 Å². The molecule has 1 aliphatic rings. The van der Waals surface area contributed by atoms with Gasteiger partial charge in [-0.3, -0.25) is 10.1 Å². The second kappa shape index (κ2) is 10.5. The molecule has 3 amide bonds. The van der Waals surface area contributed by atoms with Gasteiger partial charge in [-0.25, -0.2) is 18.9 Å². The Morgan fingerprint density at radius 3 is 2.39 bits per heavy atom.